The molecule has 0 saturated carbocycles. The van der Waals surface area contributed by atoms with Crippen molar-refractivity contribution in [2.75, 3.05) is 17.6 Å². The van der Waals surface area contributed by atoms with Crippen molar-refractivity contribution in [3.05, 3.63) is 64.8 Å². The van der Waals surface area contributed by atoms with E-state index in [-0.39, 0.29) is 39.8 Å². The Labute approximate surface area is 228 Å². The number of ether oxygens (including phenoxy) is 1. The molecule has 0 N–H and O–H groups in total. The van der Waals surface area contributed by atoms with E-state index in [1.54, 1.807) is 19.9 Å². The predicted molar refractivity (Wildman–Crippen MR) is 146 cm³/mol. The Morgan fingerprint density at radius 2 is 1.77 bits per heavy atom. The molecule has 3 aromatic rings. The lowest BCUT2D eigenvalue weighted by Crippen LogP contribution is -2.34. The van der Waals surface area contributed by atoms with Gasteiger partial charge in [-0.1, -0.05) is 55.1 Å². The number of carbonyl (C=O) groups excluding carboxylic acids is 1. The molecule has 3 rings (SSSR count). The zero-order chi connectivity index (χ0) is 29.0. The van der Waals surface area contributed by atoms with Crippen LogP contribution >= 0.6 is 0 Å². The smallest absolute Gasteiger partial charge is 0.360 e. The predicted octanol–water partition coefficient (Wildman–Crippen LogP) is 6.77. The molecule has 0 aliphatic heterocycles. The van der Waals surface area contributed by atoms with Gasteiger partial charge in [0, 0.05) is 37.8 Å². The maximum Gasteiger partial charge on any atom is 0.389 e. The van der Waals surface area contributed by atoms with E-state index in [9.17, 15) is 26.4 Å². The Morgan fingerprint density at radius 3 is 2.36 bits per heavy atom. The van der Waals surface area contributed by atoms with Gasteiger partial charge >= 0.3 is 6.18 Å². The van der Waals surface area contributed by atoms with E-state index in [0.29, 0.717) is 24.2 Å². The van der Waals surface area contributed by atoms with Gasteiger partial charge in [-0.05, 0) is 49.6 Å². The molecule has 1 heterocycles. The monoisotopic (exact) mass is 582 g/mol. The Bertz CT molecular complexity index is 1420. The van der Waals surface area contributed by atoms with Crippen LogP contribution in [0, 0.1) is 13.8 Å². The van der Waals surface area contributed by atoms with Gasteiger partial charge in [-0.2, -0.15) is 13.2 Å². The van der Waals surface area contributed by atoms with E-state index < -0.39 is 37.1 Å². The molecule has 0 fully saturated rings. The second-order valence-electron chi connectivity index (χ2n) is 10.5. The summed E-state index contributed by atoms with van der Waals surface area (Å²) in [6, 6.07) is 11.2. The van der Waals surface area contributed by atoms with E-state index in [1.807, 2.05) is 0 Å². The average Bonchev–Trinajstić information content (AvgIpc) is 3.18. The molecule has 0 aliphatic rings. The summed E-state index contributed by atoms with van der Waals surface area (Å²) < 4.78 is 79.8. The van der Waals surface area contributed by atoms with Crippen molar-refractivity contribution >= 4 is 30.3 Å². The summed E-state index contributed by atoms with van der Waals surface area (Å²) in [5, 5.41) is 3.90. The van der Waals surface area contributed by atoms with Gasteiger partial charge in [0.1, 0.15) is 13.0 Å². The first kappa shape index (κ1) is 30.6. The van der Waals surface area contributed by atoms with E-state index in [1.165, 1.54) is 36.4 Å². The molecule has 39 heavy (non-hydrogen) atoms. The van der Waals surface area contributed by atoms with Gasteiger partial charge in [0.2, 0.25) is 5.88 Å². The number of rotatable bonds is 12. The average molecular weight is 583 g/mol. The largest absolute Gasteiger partial charge is 0.389 e. The number of alkyl halides is 3. The molecule has 0 bridgehead atoms. The molecule has 212 valence electrons. The second-order valence-corrected chi connectivity index (χ2v) is 18.0. The van der Waals surface area contributed by atoms with Gasteiger partial charge in [0.15, 0.2) is 0 Å². The van der Waals surface area contributed by atoms with Crippen molar-refractivity contribution in [2.45, 2.75) is 63.4 Å². The van der Waals surface area contributed by atoms with E-state index in [2.05, 4.69) is 24.8 Å². The van der Waals surface area contributed by atoms with Crippen LogP contribution in [0.5, 0.6) is 0 Å². The lowest BCUT2D eigenvalue weighted by Gasteiger charge is -2.24. The molecule has 0 spiro atoms. The first-order valence-corrected chi connectivity index (χ1v) is 17.6. The van der Waals surface area contributed by atoms with Gasteiger partial charge in [0.25, 0.3) is 10.0 Å². The highest BCUT2D eigenvalue weighted by molar-refractivity contribution is 7.93. The summed E-state index contributed by atoms with van der Waals surface area (Å²) in [4.78, 5) is 11.2. The summed E-state index contributed by atoms with van der Waals surface area (Å²) in [7, 11) is -5.79. The summed E-state index contributed by atoms with van der Waals surface area (Å²) in [5.41, 5.74) is 1.93. The van der Waals surface area contributed by atoms with Crippen LogP contribution in [0.25, 0.3) is 11.1 Å². The zero-order valence-electron chi connectivity index (χ0n) is 22.6. The first-order valence-electron chi connectivity index (χ1n) is 12.4. The molecule has 0 atom stereocenters. The molecule has 0 amide bonds. The van der Waals surface area contributed by atoms with Crippen molar-refractivity contribution in [1.29, 1.82) is 0 Å². The van der Waals surface area contributed by atoms with Crippen LogP contribution in [-0.4, -0.2) is 47.4 Å². The Balaban J connectivity index is 2.11. The number of hydrogen-bond acceptors (Lipinski definition) is 6. The van der Waals surface area contributed by atoms with Gasteiger partial charge in [-0.15, -0.1) is 0 Å². The lowest BCUT2D eigenvalue weighted by molar-refractivity contribution is -0.133. The number of benzene rings is 2. The number of nitrogens with zero attached hydrogens (tertiary/aromatic N) is 2. The minimum Gasteiger partial charge on any atom is -0.360 e. The zero-order valence-corrected chi connectivity index (χ0v) is 24.4. The third-order valence-corrected chi connectivity index (χ3v) is 9.72. The molecule has 12 heteroatoms. The van der Waals surface area contributed by atoms with Crippen LogP contribution in [0.15, 0.2) is 51.9 Å². The molecule has 7 nitrogen and oxygen atoms in total. The van der Waals surface area contributed by atoms with Gasteiger partial charge < -0.3 is 9.26 Å². The van der Waals surface area contributed by atoms with Gasteiger partial charge in [0.05, 0.1) is 10.6 Å². The van der Waals surface area contributed by atoms with Crippen molar-refractivity contribution in [2.24, 2.45) is 0 Å². The fourth-order valence-corrected chi connectivity index (χ4v) is 6.17. The highest BCUT2D eigenvalue weighted by Gasteiger charge is 2.33. The Kier molecular flexibility index (Phi) is 9.45. The minimum absolute atomic E-state index is 0.00362. The van der Waals surface area contributed by atoms with Crippen molar-refractivity contribution in [3.63, 3.8) is 0 Å². The van der Waals surface area contributed by atoms with Crippen LogP contribution < -0.4 is 4.31 Å². The lowest BCUT2D eigenvalue weighted by atomic mass is 9.95. The minimum atomic E-state index is -4.42. The fraction of sp³-hybridized carbons (Fsp3) is 0.407. The van der Waals surface area contributed by atoms with Gasteiger partial charge in [-0.25, -0.2) is 12.7 Å². The maximum absolute atomic E-state index is 14.2. The van der Waals surface area contributed by atoms with Crippen LogP contribution in [0.2, 0.25) is 25.7 Å². The molecule has 2 aromatic carbocycles. The molecule has 0 aliphatic carbocycles. The molecular weight excluding hydrogens is 549 g/mol. The van der Waals surface area contributed by atoms with Crippen LogP contribution in [0.1, 0.15) is 33.6 Å². The first-order chi connectivity index (χ1) is 18.1. The standard InChI is InChI=1S/C27H33F3N2O5SSi/c1-19-20(2)31-37-26(19)32(18-36-14-15-39(3,4)5)38(34,35)25-9-7-6-8-24(25)23-11-10-21(17-33)16-22(23)12-13-27(28,29)30/h6-11,16-17H,12-15,18H2,1-5H3. The van der Waals surface area contributed by atoms with E-state index >= 15 is 0 Å². The van der Waals surface area contributed by atoms with Crippen molar-refractivity contribution < 1.29 is 35.6 Å². The topological polar surface area (TPSA) is 89.7 Å². The normalized spacial score (nSPS) is 12.5. The number of aromatic nitrogens is 1. The van der Waals surface area contributed by atoms with E-state index in [0.717, 1.165) is 10.3 Å². The third kappa shape index (κ3) is 7.80. The quantitative estimate of drug-likeness (QED) is 0.101. The van der Waals surface area contributed by atoms with Crippen LogP contribution in [-0.2, 0) is 21.2 Å². The number of anilines is 1. The molecular formula is C27H33F3N2O5SSi. The number of halogens is 3. The molecule has 0 radical (unpaired) electrons. The van der Waals surface area contributed by atoms with Crippen LogP contribution in [0.3, 0.4) is 0 Å². The number of carbonyl (C=O) groups is 1. The van der Waals surface area contributed by atoms with E-state index in [4.69, 9.17) is 9.26 Å². The number of hydrogen-bond donors (Lipinski definition) is 0. The Hall–Kier alpha value is -2.96. The number of sulfonamides is 1. The molecule has 0 unspecified atom stereocenters. The SMILES string of the molecule is Cc1noc(N(COCC[Si](C)(C)C)S(=O)(=O)c2ccccc2-c2ccc(C=O)cc2CCC(F)(F)F)c1C. The summed E-state index contributed by atoms with van der Waals surface area (Å²) in [5.74, 6) is 0.00362. The maximum atomic E-state index is 14.2. The number of aldehydes is 1. The molecule has 0 saturated heterocycles. The summed E-state index contributed by atoms with van der Waals surface area (Å²) in [6.07, 6.45) is -5.42. The van der Waals surface area contributed by atoms with Gasteiger partial charge in [-0.3, -0.25) is 4.79 Å². The fourth-order valence-electron chi connectivity index (χ4n) is 3.86. The summed E-state index contributed by atoms with van der Waals surface area (Å²) in [6.45, 7) is 9.93. The highest BCUT2D eigenvalue weighted by Crippen LogP contribution is 2.36. The molecule has 1 aromatic heterocycles. The van der Waals surface area contributed by atoms with Crippen molar-refractivity contribution in [3.8, 4) is 11.1 Å². The third-order valence-electron chi connectivity index (χ3n) is 6.25. The van der Waals surface area contributed by atoms with Crippen LogP contribution in [0.4, 0.5) is 19.1 Å². The van der Waals surface area contributed by atoms with Crippen molar-refractivity contribution in [1.82, 2.24) is 5.16 Å². The highest BCUT2D eigenvalue weighted by atomic mass is 32.2. The summed E-state index contributed by atoms with van der Waals surface area (Å²) >= 11 is 0. The Morgan fingerprint density at radius 1 is 1.08 bits per heavy atom. The second kappa shape index (κ2) is 12.1. The number of aryl methyl sites for hydroxylation is 2.